The Morgan fingerprint density at radius 2 is 2.30 bits per heavy atom. The van der Waals surface area contributed by atoms with Gasteiger partial charge in [0, 0.05) is 12.8 Å². The monoisotopic (exact) mass is 279 g/mol. The summed E-state index contributed by atoms with van der Waals surface area (Å²) in [5, 5.41) is 14.7. The molecule has 2 N–H and O–H groups in total. The van der Waals surface area contributed by atoms with Crippen molar-refractivity contribution in [2.45, 2.75) is 25.8 Å². The van der Waals surface area contributed by atoms with Gasteiger partial charge in [-0.15, -0.1) is 0 Å². The molecule has 0 aliphatic carbocycles. The van der Waals surface area contributed by atoms with Crippen LogP contribution in [0.2, 0.25) is 0 Å². The second-order valence-electron chi connectivity index (χ2n) is 4.12. The van der Waals surface area contributed by atoms with E-state index < -0.39 is 17.9 Å². The summed E-state index contributed by atoms with van der Waals surface area (Å²) < 4.78 is 10.1. The zero-order valence-corrected chi connectivity index (χ0v) is 10.7. The lowest BCUT2D eigenvalue weighted by molar-refractivity contribution is -0.141. The van der Waals surface area contributed by atoms with Crippen LogP contribution in [0.3, 0.4) is 0 Å². The molecule has 1 atom stereocenters. The number of rotatable bonds is 6. The van der Waals surface area contributed by atoms with Crippen molar-refractivity contribution in [1.29, 1.82) is 0 Å². The number of nitrogens with zero attached hydrogens (tertiary/aromatic N) is 2. The Labute approximate surface area is 113 Å². The molecule has 0 unspecified atom stereocenters. The maximum absolute atomic E-state index is 11.5. The van der Waals surface area contributed by atoms with Gasteiger partial charge in [0.25, 0.3) is 0 Å². The minimum absolute atomic E-state index is 0.0669. The fourth-order valence-corrected chi connectivity index (χ4v) is 1.46. The average molecular weight is 279 g/mol. The minimum atomic E-state index is -1.09. The number of amides is 1. The molecular formula is C12H13N3O5. The molecular weight excluding hydrogens is 266 g/mol. The third kappa shape index (κ3) is 3.44. The third-order valence-electron chi connectivity index (χ3n) is 2.52. The van der Waals surface area contributed by atoms with Crippen LogP contribution in [0.25, 0.3) is 11.6 Å². The van der Waals surface area contributed by atoms with Crippen molar-refractivity contribution in [3.05, 3.63) is 24.3 Å². The highest BCUT2D eigenvalue weighted by Gasteiger charge is 2.16. The molecule has 2 heterocycles. The van der Waals surface area contributed by atoms with E-state index in [4.69, 9.17) is 14.0 Å². The van der Waals surface area contributed by atoms with Crippen LogP contribution in [0.1, 0.15) is 19.2 Å². The maximum atomic E-state index is 11.5. The van der Waals surface area contributed by atoms with E-state index in [1.165, 1.54) is 13.2 Å². The number of nitrogens with one attached hydrogen (secondary N) is 1. The van der Waals surface area contributed by atoms with E-state index in [1.807, 2.05) is 0 Å². The molecule has 0 aliphatic heterocycles. The summed E-state index contributed by atoms with van der Waals surface area (Å²) in [6.45, 7) is 1.39. The van der Waals surface area contributed by atoms with Crippen molar-refractivity contribution < 1.29 is 23.6 Å². The Kier molecular flexibility index (Phi) is 4.14. The average Bonchev–Trinajstić information content (AvgIpc) is 3.07. The fourth-order valence-electron chi connectivity index (χ4n) is 1.46. The zero-order chi connectivity index (χ0) is 14.5. The molecule has 1 amide bonds. The highest BCUT2D eigenvalue weighted by Crippen LogP contribution is 2.16. The quantitative estimate of drug-likeness (QED) is 0.804. The molecule has 2 rings (SSSR count). The lowest BCUT2D eigenvalue weighted by atomic mass is 10.2. The van der Waals surface area contributed by atoms with Gasteiger partial charge in [0.05, 0.1) is 6.26 Å². The number of hydrogen-bond donors (Lipinski definition) is 2. The van der Waals surface area contributed by atoms with Gasteiger partial charge in [-0.25, -0.2) is 0 Å². The predicted octanol–water partition coefficient (Wildman–Crippen LogP) is 0.851. The standard InChI is InChI=1S/C12H13N3O5/c1-7(12(17)18)13-9(16)4-5-10-14-11(15-20-10)8-3-2-6-19-8/h2-3,6-7H,4-5H2,1H3,(H,13,16)(H,17,18)/t7-/m1/s1. The van der Waals surface area contributed by atoms with Crippen molar-refractivity contribution in [3.8, 4) is 11.6 Å². The number of carbonyl (C=O) groups excluding carboxylic acids is 1. The summed E-state index contributed by atoms with van der Waals surface area (Å²) in [6.07, 6.45) is 1.79. The number of aromatic nitrogens is 2. The summed E-state index contributed by atoms with van der Waals surface area (Å²) in [5.41, 5.74) is 0. The number of carbonyl (C=O) groups is 2. The van der Waals surface area contributed by atoms with E-state index >= 15 is 0 Å². The highest BCUT2D eigenvalue weighted by molar-refractivity contribution is 5.83. The summed E-state index contributed by atoms with van der Waals surface area (Å²) in [6, 6.07) is 2.46. The third-order valence-corrected chi connectivity index (χ3v) is 2.52. The van der Waals surface area contributed by atoms with Gasteiger partial charge in [-0.3, -0.25) is 9.59 Å². The Bertz CT molecular complexity index is 590. The molecule has 2 aromatic rings. The largest absolute Gasteiger partial charge is 0.480 e. The molecule has 0 radical (unpaired) electrons. The van der Waals surface area contributed by atoms with Crippen molar-refractivity contribution in [2.75, 3.05) is 0 Å². The van der Waals surface area contributed by atoms with Gasteiger partial charge >= 0.3 is 5.97 Å². The summed E-state index contributed by atoms with van der Waals surface area (Å²) >= 11 is 0. The number of carboxylic acid groups (broad SMARTS) is 1. The molecule has 0 bridgehead atoms. The smallest absolute Gasteiger partial charge is 0.325 e. The molecule has 8 heteroatoms. The first-order valence-corrected chi connectivity index (χ1v) is 5.95. The van der Waals surface area contributed by atoms with E-state index in [0.717, 1.165) is 0 Å². The molecule has 0 saturated heterocycles. The van der Waals surface area contributed by atoms with Gasteiger partial charge in [0.15, 0.2) is 5.76 Å². The second kappa shape index (κ2) is 6.00. The van der Waals surface area contributed by atoms with Crippen molar-refractivity contribution in [3.63, 3.8) is 0 Å². The molecule has 8 nitrogen and oxygen atoms in total. The summed E-state index contributed by atoms with van der Waals surface area (Å²) in [4.78, 5) is 26.1. The van der Waals surface area contributed by atoms with Gasteiger partial charge < -0.3 is 19.4 Å². The highest BCUT2D eigenvalue weighted by atomic mass is 16.5. The maximum Gasteiger partial charge on any atom is 0.325 e. The molecule has 0 saturated carbocycles. The Balaban J connectivity index is 1.86. The van der Waals surface area contributed by atoms with Crippen molar-refractivity contribution >= 4 is 11.9 Å². The Morgan fingerprint density at radius 1 is 1.50 bits per heavy atom. The van der Waals surface area contributed by atoms with E-state index in [-0.39, 0.29) is 18.7 Å². The van der Waals surface area contributed by atoms with Gasteiger partial charge in [-0.1, -0.05) is 5.16 Å². The summed E-state index contributed by atoms with van der Waals surface area (Å²) in [7, 11) is 0. The molecule has 0 spiro atoms. The predicted molar refractivity (Wildman–Crippen MR) is 65.6 cm³/mol. The van der Waals surface area contributed by atoms with Crippen LogP contribution in [0.4, 0.5) is 0 Å². The SMILES string of the molecule is C[C@@H](NC(=O)CCc1nc(-c2ccco2)no1)C(=O)O. The van der Waals surface area contributed by atoms with Crippen LogP contribution in [0.15, 0.2) is 27.3 Å². The van der Waals surface area contributed by atoms with E-state index in [9.17, 15) is 9.59 Å². The van der Waals surface area contributed by atoms with Crippen LogP contribution >= 0.6 is 0 Å². The van der Waals surface area contributed by atoms with Crippen LogP contribution < -0.4 is 5.32 Å². The first-order chi connectivity index (χ1) is 9.56. The summed E-state index contributed by atoms with van der Waals surface area (Å²) in [5.74, 6) is -0.406. The number of aryl methyl sites for hydroxylation is 1. The minimum Gasteiger partial charge on any atom is -0.480 e. The molecule has 20 heavy (non-hydrogen) atoms. The van der Waals surface area contributed by atoms with E-state index in [0.29, 0.717) is 11.6 Å². The zero-order valence-electron chi connectivity index (χ0n) is 10.7. The van der Waals surface area contributed by atoms with Crippen LogP contribution in [0, 0.1) is 0 Å². The number of hydrogen-bond acceptors (Lipinski definition) is 6. The van der Waals surface area contributed by atoms with E-state index in [2.05, 4.69) is 15.5 Å². The first kappa shape index (κ1) is 13.8. The van der Waals surface area contributed by atoms with Gasteiger partial charge in [0.2, 0.25) is 17.6 Å². The lowest BCUT2D eigenvalue weighted by Crippen LogP contribution is -2.38. The fraction of sp³-hybridized carbons (Fsp3) is 0.333. The number of carboxylic acids is 1. The normalized spacial score (nSPS) is 12.1. The van der Waals surface area contributed by atoms with Crippen LogP contribution in [-0.4, -0.2) is 33.2 Å². The van der Waals surface area contributed by atoms with Crippen LogP contribution in [0.5, 0.6) is 0 Å². The van der Waals surface area contributed by atoms with Gasteiger partial charge in [0.1, 0.15) is 6.04 Å². The number of furan rings is 1. The lowest BCUT2D eigenvalue weighted by Gasteiger charge is -2.07. The Hall–Kier alpha value is -2.64. The van der Waals surface area contributed by atoms with Crippen molar-refractivity contribution in [2.24, 2.45) is 0 Å². The second-order valence-corrected chi connectivity index (χ2v) is 4.12. The van der Waals surface area contributed by atoms with Gasteiger partial charge in [-0.2, -0.15) is 4.98 Å². The van der Waals surface area contributed by atoms with Crippen LogP contribution in [-0.2, 0) is 16.0 Å². The van der Waals surface area contributed by atoms with Gasteiger partial charge in [-0.05, 0) is 19.1 Å². The van der Waals surface area contributed by atoms with Crippen molar-refractivity contribution in [1.82, 2.24) is 15.5 Å². The molecule has 0 aliphatic rings. The first-order valence-electron chi connectivity index (χ1n) is 5.95. The molecule has 0 aromatic carbocycles. The topological polar surface area (TPSA) is 118 Å². The molecule has 0 fully saturated rings. The number of aliphatic carboxylic acids is 1. The molecule has 2 aromatic heterocycles. The Morgan fingerprint density at radius 3 is 2.95 bits per heavy atom. The van der Waals surface area contributed by atoms with E-state index in [1.54, 1.807) is 12.1 Å². The molecule has 106 valence electrons.